The fourth-order valence-corrected chi connectivity index (χ4v) is 5.09. The number of nitrogens with zero attached hydrogens (tertiary/aromatic N) is 1. The molecule has 0 saturated carbocycles. The Bertz CT molecular complexity index is 1170. The van der Waals surface area contributed by atoms with E-state index in [9.17, 15) is 18.7 Å². The van der Waals surface area contributed by atoms with Crippen LogP contribution in [0, 0.1) is 24.0 Å². The molecule has 3 rings (SSSR count). The second-order valence-electron chi connectivity index (χ2n) is 10.5. The largest absolute Gasteiger partial charge is 0.390 e. The maximum atomic E-state index is 13.6. The van der Waals surface area contributed by atoms with Crippen molar-refractivity contribution in [2.24, 2.45) is 5.41 Å². The van der Waals surface area contributed by atoms with Crippen molar-refractivity contribution >= 4 is 17.4 Å². The summed E-state index contributed by atoms with van der Waals surface area (Å²) in [6, 6.07) is 11.0. The number of carbonyl (C=O) groups excluding carboxylic acids is 1. The summed E-state index contributed by atoms with van der Waals surface area (Å²) in [4.78, 5) is 12.8. The zero-order valence-corrected chi connectivity index (χ0v) is 22.3. The number of aryl methyl sites for hydroxylation is 1. The van der Waals surface area contributed by atoms with E-state index in [1.165, 1.54) is 36.2 Å². The first-order valence-corrected chi connectivity index (χ1v) is 12.8. The third kappa shape index (κ3) is 8.47. The molecule has 0 spiro atoms. The van der Waals surface area contributed by atoms with Gasteiger partial charge in [0.25, 0.3) is 0 Å². The minimum absolute atomic E-state index is 0.101. The van der Waals surface area contributed by atoms with Gasteiger partial charge in [-0.15, -0.1) is 0 Å². The fraction of sp³-hybridized carbons (Fsp3) is 0.429. The lowest BCUT2D eigenvalue weighted by molar-refractivity contribution is -0.120. The van der Waals surface area contributed by atoms with Gasteiger partial charge in [-0.3, -0.25) is 4.79 Å². The average molecular weight is 516 g/mol. The Kier molecular flexibility index (Phi) is 9.33. The Hall–Kier alpha value is -2.68. The number of hydrogen-bond acceptors (Lipinski definition) is 5. The molecule has 2 atom stereocenters. The Morgan fingerprint density at radius 1 is 1.08 bits per heavy atom. The van der Waals surface area contributed by atoms with E-state index in [0.717, 1.165) is 34.2 Å². The highest BCUT2D eigenvalue weighted by atomic mass is 32.1. The third-order valence-corrected chi connectivity index (χ3v) is 6.61. The van der Waals surface area contributed by atoms with Crippen LogP contribution in [0.25, 0.3) is 10.4 Å². The molecule has 36 heavy (non-hydrogen) atoms. The first-order chi connectivity index (χ1) is 16.9. The topological polar surface area (TPSA) is 74.2 Å². The lowest BCUT2D eigenvalue weighted by atomic mass is 9.87. The zero-order valence-electron chi connectivity index (χ0n) is 21.5. The van der Waals surface area contributed by atoms with Crippen LogP contribution in [0.15, 0.2) is 42.5 Å². The number of benzene rings is 2. The van der Waals surface area contributed by atoms with Crippen LogP contribution < -0.4 is 10.6 Å². The van der Waals surface area contributed by atoms with E-state index in [2.05, 4.69) is 60.0 Å². The Labute approximate surface area is 216 Å². The third-order valence-electron chi connectivity index (χ3n) is 5.70. The molecule has 5 nitrogen and oxygen atoms in total. The monoisotopic (exact) mass is 515 g/mol. The lowest BCUT2D eigenvalue weighted by Gasteiger charge is -2.25. The van der Waals surface area contributed by atoms with Gasteiger partial charge in [0.15, 0.2) is 0 Å². The van der Waals surface area contributed by atoms with E-state index in [1.54, 1.807) is 0 Å². The molecule has 0 radical (unpaired) electrons. The number of rotatable bonds is 10. The second-order valence-corrected chi connectivity index (χ2v) is 11.4. The van der Waals surface area contributed by atoms with E-state index >= 15 is 0 Å². The molecular weight excluding hydrogens is 480 g/mol. The van der Waals surface area contributed by atoms with Crippen LogP contribution in [0.5, 0.6) is 0 Å². The number of aromatic nitrogens is 1. The standard InChI is InChI=1S/C28H35F2N3O2S/c1-17-8-27(36-33-17)24-7-6-19(14-28(3,4)5)9-21(24)15-31-16-26(35)25(32-18(2)34)12-20-10-22(29)13-23(30)11-20/h6-11,13,25-26,31,35H,12,14-16H2,1-5H3,(H,32,34). The molecule has 1 heterocycles. The van der Waals surface area contributed by atoms with Crippen LogP contribution in [0.2, 0.25) is 0 Å². The highest BCUT2D eigenvalue weighted by Crippen LogP contribution is 2.31. The van der Waals surface area contributed by atoms with Crippen molar-refractivity contribution in [1.82, 2.24) is 15.0 Å². The zero-order chi connectivity index (χ0) is 26.5. The Morgan fingerprint density at radius 3 is 2.36 bits per heavy atom. The normalized spacial score (nSPS) is 13.4. The summed E-state index contributed by atoms with van der Waals surface area (Å²) < 4.78 is 31.7. The summed E-state index contributed by atoms with van der Waals surface area (Å²) in [5, 5.41) is 16.9. The molecule has 0 aliphatic heterocycles. The molecule has 1 aromatic heterocycles. The molecule has 194 valence electrons. The number of aliphatic hydroxyl groups is 1. The van der Waals surface area contributed by atoms with E-state index in [0.29, 0.717) is 12.1 Å². The predicted molar refractivity (Wildman–Crippen MR) is 141 cm³/mol. The maximum Gasteiger partial charge on any atom is 0.217 e. The van der Waals surface area contributed by atoms with Crippen molar-refractivity contribution < 1.29 is 18.7 Å². The molecule has 3 N–H and O–H groups in total. The quantitative estimate of drug-likeness (QED) is 0.348. The summed E-state index contributed by atoms with van der Waals surface area (Å²) in [5.41, 5.74) is 4.89. The van der Waals surface area contributed by atoms with Gasteiger partial charge in [0.05, 0.1) is 22.7 Å². The van der Waals surface area contributed by atoms with Crippen molar-refractivity contribution in [1.29, 1.82) is 0 Å². The van der Waals surface area contributed by atoms with Gasteiger partial charge >= 0.3 is 0 Å². The molecule has 0 fully saturated rings. The highest BCUT2D eigenvalue weighted by molar-refractivity contribution is 7.09. The SMILES string of the molecule is CC(=O)NC(Cc1cc(F)cc(F)c1)C(O)CNCc1cc(CC(C)(C)C)ccc1-c1cc(C)ns1. The van der Waals surface area contributed by atoms with Gasteiger partial charge in [-0.2, -0.15) is 4.37 Å². The molecule has 3 aromatic rings. The molecule has 0 bridgehead atoms. The Morgan fingerprint density at radius 2 is 1.78 bits per heavy atom. The summed E-state index contributed by atoms with van der Waals surface area (Å²) in [7, 11) is 0. The number of aliphatic hydroxyl groups excluding tert-OH is 1. The van der Waals surface area contributed by atoms with Crippen molar-refractivity contribution in [3.05, 3.63) is 76.5 Å². The number of nitrogens with one attached hydrogen (secondary N) is 2. The maximum absolute atomic E-state index is 13.6. The average Bonchev–Trinajstić information content (AvgIpc) is 3.17. The molecule has 0 aliphatic carbocycles. The number of carbonyl (C=O) groups is 1. The van der Waals surface area contributed by atoms with Gasteiger partial charge in [-0.05, 0) is 77.2 Å². The Balaban J connectivity index is 1.74. The highest BCUT2D eigenvalue weighted by Gasteiger charge is 2.22. The van der Waals surface area contributed by atoms with Crippen molar-refractivity contribution in [2.75, 3.05) is 6.54 Å². The molecular formula is C28H35F2N3O2S. The smallest absolute Gasteiger partial charge is 0.217 e. The first-order valence-electron chi connectivity index (χ1n) is 12.1. The fourth-order valence-electron chi connectivity index (χ4n) is 4.27. The molecule has 2 aromatic carbocycles. The molecule has 0 aliphatic rings. The number of hydrogen-bond donors (Lipinski definition) is 3. The van der Waals surface area contributed by atoms with Gasteiger partial charge in [0, 0.05) is 26.1 Å². The molecule has 1 amide bonds. The van der Waals surface area contributed by atoms with Gasteiger partial charge < -0.3 is 15.7 Å². The van der Waals surface area contributed by atoms with Gasteiger partial charge in [0.2, 0.25) is 5.91 Å². The number of halogens is 2. The second kappa shape index (κ2) is 12.0. The first kappa shape index (κ1) is 27.9. The van der Waals surface area contributed by atoms with Crippen molar-refractivity contribution in [3.8, 4) is 10.4 Å². The molecule has 2 unspecified atom stereocenters. The number of amides is 1. The van der Waals surface area contributed by atoms with Crippen LogP contribution in [-0.2, 0) is 24.2 Å². The van der Waals surface area contributed by atoms with E-state index in [4.69, 9.17) is 0 Å². The van der Waals surface area contributed by atoms with Crippen LogP contribution in [-0.4, -0.2) is 34.1 Å². The van der Waals surface area contributed by atoms with Crippen LogP contribution >= 0.6 is 11.5 Å². The van der Waals surface area contributed by atoms with Crippen molar-refractivity contribution in [2.45, 2.75) is 66.2 Å². The van der Waals surface area contributed by atoms with E-state index in [-0.39, 0.29) is 24.3 Å². The van der Waals surface area contributed by atoms with E-state index < -0.39 is 23.8 Å². The summed E-state index contributed by atoms with van der Waals surface area (Å²) in [6.07, 6.45) is 0.0651. The van der Waals surface area contributed by atoms with Gasteiger partial charge in [-0.25, -0.2) is 8.78 Å². The van der Waals surface area contributed by atoms with Crippen LogP contribution in [0.3, 0.4) is 0 Å². The predicted octanol–water partition coefficient (Wildman–Crippen LogP) is 5.18. The minimum atomic E-state index is -0.966. The van der Waals surface area contributed by atoms with Crippen LogP contribution in [0.4, 0.5) is 8.78 Å². The van der Waals surface area contributed by atoms with Crippen LogP contribution in [0.1, 0.15) is 50.1 Å². The van der Waals surface area contributed by atoms with E-state index in [1.807, 2.05) is 6.92 Å². The summed E-state index contributed by atoms with van der Waals surface area (Å²) >= 11 is 1.45. The van der Waals surface area contributed by atoms with Gasteiger partial charge in [0.1, 0.15) is 11.6 Å². The lowest BCUT2D eigenvalue weighted by Crippen LogP contribution is -2.48. The minimum Gasteiger partial charge on any atom is -0.390 e. The summed E-state index contributed by atoms with van der Waals surface area (Å²) in [5.74, 6) is -1.71. The molecule has 8 heteroatoms. The van der Waals surface area contributed by atoms with Crippen molar-refractivity contribution in [3.63, 3.8) is 0 Å². The molecule has 0 saturated heterocycles. The van der Waals surface area contributed by atoms with Gasteiger partial charge in [-0.1, -0.05) is 39.0 Å². The summed E-state index contributed by atoms with van der Waals surface area (Å²) in [6.45, 7) is 10.6.